The number of piperazine rings is 1. The van der Waals surface area contributed by atoms with Crippen molar-refractivity contribution >= 4 is 18.1 Å². The van der Waals surface area contributed by atoms with E-state index in [0.717, 1.165) is 23.3 Å². The molecular weight excluding hydrogens is 374 g/mol. The van der Waals surface area contributed by atoms with Crippen molar-refractivity contribution in [3.63, 3.8) is 0 Å². The highest BCUT2D eigenvalue weighted by Gasteiger charge is 2.43. The third kappa shape index (κ3) is 5.40. The first-order valence-corrected chi connectivity index (χ1v) is 9.97. The molecule has 2 aliphatic rings. The molecule has 1 unspecified atom stereocenters. The van der Waals surface area contributed by atoms with Gasteiger partial charge >= 0.3 is 12.2 Å². The standard InChI is InChI=1S/C21H29N3O5/c1-21(2,3)29-20(28)22-11-12-23(19(26)27)17(14-22)18(25)24(16-9-10-16)13-15-7-5-4-6-8-15/h4-8,16-17H,9-14H2,1-3H3,(H,26,27). The van der Waals surface area contributed by atoms with Crippen molar-refractivity contribution in [2.45, 2.75) is 57.8 Å². The number of carbonyl (C=O) groups excluding carboxylic acids is 2. The second-order valence-electron chi connectivity index (χ2n) is 8.60. The van der Waals surface area contributed by atoms with E-state index in [9.17, 15) is 19.5 Å². The zero-order chi connectivity index (χ0) is 21.2. The summed E-state index contributed by atoms with van der Waals surface area (Å²) in [5.74, 6) is -0.257. The summed E-state index contributed by atoms with van der Waals surface area (Å²) in [6.07, 6.45) is 0.145. The number of carbonyl (C=O) groups is 3. The van der Waals surface area contributed by atoms with Crippen LogP contribution in [-0.4, -0.2) is 75.2 Å². The lowest BCUT2D eigenvalue weighted by Gasteiger charge is -2.41. The van der Waals surface area contributed by atoms with Crippen LogP contribution < -0.4 is 0 Å². The molecule has 8 nitrogen and oxygen atoms in total. The molecule has 0 aromatic heterocycles. The van der Waals surface area contributed by atoms with Crippen molar-refractivity contribution in [3.05, 3.63) is 35.9 Å². The van der Waals surface area contributed by atoms with Gasteiger partial charge in [0.1, 0.15) is 11.6 Å². The van der Waals surface area contributed by atoms with E-state index < -0.39 is 23.8 Å². The molecule has 0 bridgehead atoms. The van der Waals surface area contributed by atoms with Crippen LogP contribution in [0.15, 0.2) is 30.3 Å². The van der Waals surface area contributed by atoms with Crippen LogP contribution >= 0.6 is 0 Å². The zero-order valence-electron chi connectivity index (χ0n) is 17.2. The van der Waals surface area contributed by atoms with E-state index in [4.69, 9.17) is 4.74 Å². The smallest absolute Gasteiger partial charge is 0.410 e. The van der Waals surface area contributed by atoms with Crippen molar-refractivity contribution in [2.24, 2.45) is 0 Å². The predicted molar refractivity (Wildman–Crippen MR) is 106 cm³/mol. The molecule has 8 heteroatoms. The van der Waals surface area contributed by atoms with Crippen LogP contribution in [0.4, 0.5) is 9.59 Å². The second kappa shape index (κ2) is 8.31. The number of hydrogen-bond acceptors (Lipinski definition) is 4. The average Bonchev–Trinajstić information content (AvgIpc) is 3.49. The maximum Gasteiger partial charge on any atom is 0.410 e. The van der Waals surface area contributed by atoms with Gasteiger partial charge in [0, 0.05) is 25.7 Å². The van der Waals surface area contributed by atoms with Gasteiger partial charge in [0.25, 0.3) is 0 Å². The van der Waals surface area contributed by atoms with Gasteiger partial charge in [-0.3, -0.25) is 9.69 Å². The number of benzene rings is 1. The quantitative estimate of drug-likeness (QED) is 0.835. The largest absolute Gasteiger partial charge is 0.465 e. The lowest BCUT2D eigenvalue weighted by atomic mass is 10.1. The molecule has 1 saturated heterocycles. The normalized spacial score (nSPS) is 19.6. The molecule has 1 saturated carbocycles. The molecule has 3 rings (SSSR count). The van der Waals surface area contributed by atoms with Gasteiger partial charge in [-0.2, -0.15) is 0 Å². The van der Waals surface area contributed by atoms with Crippen LogP contribution in [0.3, 0.4) is 0 Å². The van der Waals surface area contributed by atoms with E-state index in [1.165, 1.54) is 4.90 Å². The minimum absolute atomic E-state index is 0.00193. The van der Waals surface area contributed by atoms with Crippen molar-refractivity contribution < 1.29 is 24.2 Å². The summed E-state index contributed by atoms with van der Waals surface area (Å²) in [5.41, 5.74) is 0.336. The summed E-state index contributed by atoms with van der Waals surface area (Å²) in [5, 5.41) is 9.62. The zero-order valence-corrected chi connectivity index (χ0v) is 17.2. The lowest BCUT2D eigenvalue weighted by Crippen LogP contribution is -2.62. The van der Waals surface area contributed by atoms with Crippen molar-refractivity contribution in [1.29, 1.82) is 0 Å². The van der Waals surface area contributed by atoms with E-state index in [1.54, 1.807) is 25.7 Å². The van der Waals surface area contributed by atoms with E-state index in [-0.39, 0.29) is 31.6 Å². The third-order valence-electron chi connectivity index (χ3n) is 5.03. The number of amides is 3. The van der Waals surface area contributed by atoms with Crippen molar-refractivity contribution in [2.75, 3.05) is 19.6 Å². The van der Waals surface area contributed by atoms with Crippen molar-refractivity contribution in [3.8, 4) is 0 Å². The minimum atomic E-state index is -1.15. The predicted octanol–water partition coefficient (Wildman–Crippen LogP) is 2.78. The van der Waals surface area contributed by atoms with E-state index in [2.05, 4.69) is 0 Å². The monoisotopic (exact) mass is 403 g/mol. The van der Waals surface area contributed by atoms with Crippen LogP contribution in [-0.2, 0) is 16.1 Å². The highest BCUT2D eigenvalue weighted by atomic mass is 16.6. The number of nitrogens with zero attached hydrogens (tertiary/aromatic N) is 3. The lowest BCUT2D eigenvalue weighted by molar-refractivity contribution is -0.139. The molecule has 1 aliphatic heterocycles. The fourth-order valence-corrected chi connectivity index (χ4v) is 3.46. The fourth-order valence-electron chi connectivity index (χ4n) is 3.46. The molecular formula is C21H29N3O5. The van der Waals surface area contributed by atoms with Gasteiger partial charge in [0.15, 0.2) is 0 Å². The molecule has 3 amide bonds. The van der Waals surface area contributed by atoms with Gasteiger partial charge in [-0.1, -0.05) is 30.3 Å². The number of rotatable bonds is 4. The van der Waals surface area contributed by atoms with Gasteiger partial charge in [0.05, 0.1) is 6.54 Å². The highest BCUT2D eigenvalue weighted by Crippen LogP contribution is 2.30. The topological polar surface area (TPSA) is 90.4 Å². The van der Waals surface area contributed by atoms with Crippen LogP contribution in [0, 0.1) is 0 Å². The molecule has 1 aromatic rings. The van der Waals surface area contributed by atoms with E-state index >= 15 is 0 Å². The first kappa shape index (κ1) is 21.0. The molecule has 29 heavy (non-hydrogen) atoms. The van der Waals surface area contributed by atoms with E-state index in [0.29, 0.717) is 6.54 Å². The third-order valence-corrected chi connectivity index (χ3v) is 5.03. The molecule has 1 aliphatic carbocycles. The summed E-state index contributed by atoms with van der Waals surface area (Å²) >= 11 is 0. The number of hydrogen-bond donors (Lipinski definition) is 1. The van der Waals surface area contributed by atoms with Gasteiger partial charge in [-0.25, -0.2) is 9.59 Å². The Bertz CT molecular complexity index is 757. The van der Waals surface area contributed by atoms with Gasteiger partial charge in [-0.15, -0.1) is 0 Å². The maximum atomic E-state index is 13.4. The Kier molecular flexibility index (Phi) is 6.00. The summed E-state index contributed by atoms with van der Waals surface area (Å²) in [7, 11) is 0. The Labute approximate surface area is 171 Å². The Morgan fingerprint density at radius 1 is 1.14 bits per heavy atom. The van der Waals surface area contributed by atoms with E-state index in [1.807, 2.05) is 30.3 Å². The molecule has 158 valence electrons. The van der Waals surface area contributed by atoms with Crippen molar-refractivity contribution in [1.82, 2.24) is 14.7 Å². The maximum absolute atomic E-state index is 13.4. The van der Waals surface area contributed by atoms with Crippen LogP contribution in [0.1, 0.15) is 39.2 Å². The SMILES string of the molecule is CC(C)(C)OC(=O)N1CCN(C(=O)O)C(C(=O)N(Cc2ccccc2)C2CC2)C1. The summed E-state index contributed by atoms with van der Waals surface area (Å²) in [6.45, 7) is 6.03. The molecule has 1 aromatic carbocycles. The molecule has 1 N–H and O–H groups in total. The first-order valence-electron chi connectivity index (χ1n) is 9.97. The highest BCUT2D eigenvalue weighted by molar-refractivity contribution is 5.87. The number of carboxylic acid groups (broad SMARTS) is 1. The Morgan fingerprint density at radius 3 is 2.34 bits per heavy atom. The molecule has 0 spiro atoms. The Morgan fingerprint density at radius 2 is 1.79 bits per heavy atom. The van der Waals surface area contributed by atoms with Crippen LogP contribution in [0.2, 0.25) is 0 Å². The minimum Gasteiger partial charge on any atom is -0.465 e. The van der Waals surface area contributed by atoms with Gasteiger partial charge in [-0.05, 0) is 39.2 Å². The first-order chi connectivity index (χ1) is 13.7. The average molecular weight is 403 g/mol. The van der Waals surface area contributed by atoms with Crippen LogP contribution in [0.5, 0.6) is 0 Å². The molecule has 0 radical (unpaired) electrons. The second-order valence-corrected chi connectivity index (χ2v) is 8.60. The molecule has 1 heterocycles. The summed E-state index contributed by atoms with van der Waals surface area (Å²) in [4.78, 5) is 42.0. The molecule has 2 fully saturated rings. The van der Waals surface area contributed by atoms with Crippen LogP contribution in [0.25, 0.3) is 0 Å². The van der Waals surface area contributed by atoms with Gasteiger partial charge < -0.3 is 19.6 Å². The number of ether oxygens (including phenoxy) is 1. The summed E-state index contributed by atoms with van der Waals surface area (Å²) in [6, 6.07) is 8.84. The van der Waals surface area contributed by atoms with Gasteiger partial charge in [0.2, 0.25) is 5.91 Å². The summed E-state index contributed by atoms with van der Waals surface area (Å²) < 4.78 is 5.41. The fraction of sp³-hybridized carbons (Fsp3) is 0.571. The Hall–Kier alpha value is -2.77. The Balaban J connectivity index is 1.78. The molecule has 1 atom stereocenters.